The fourth-order valence-corrected chi connectivity index (χ4v) is 3.12. The summed E-state index contributed by atoms with van der Waals surface area (Å²) in [6, 6.07) is 5.95. The summed E-state index contributed by atoms with van der Waals surface area (Å²) in [4.78, 5) is 13.9. The molecule has 0 aliphatic carbocycles. The summed E-state index contributed by atoms with van der Waals surface area (Å²) in [6.07, 6.45) is 1.00. The Hall–Kier alpha value is -1.27. The number of amides is 1. The van der Waals surface area contributed by atoms with Gasteiger partial charge in [0.05, 0.1) is 6.61 Å². The van der Waals surface area contributed by atoms with Crippen molar-refractivity contribution in [3.05, 3.63) is 28.2 Å². The Morgan fingerprint density at radius 3 is 2.65 bits per heavy atom. The van der Waals surface area contributed by atoms with Gasteiger partial charge in [0.15, 0.2) is 0 Å². The quantitative estimate of drug-likeness (QED) is 0.676. The van der Waals surface area contributed by atoms with Crippen molar-refractivity contribution in [1.82, 2.24) is 4.90 Å². The van der Waals surface area contributed by atoms with E-state index in [1.54, 1.807) is 4.90 Å². The smallest absolute Gasteiger partial charge is 0.410 e. The number of benzene rings is 1. The molecule has 6 heteroatoms. The van der Waals surface area contributed by atoms with Crippen LogP contribution in [-0.4, -0.2) is 35.5 Å². The van der Waals surface area contributed by atoms with Crippen LogP contribution in [0.25, 0.3) is 0 Å². The van der Waals surface area contributed by atoms with Crippen molar-refractivity contribution in [3.8, 4) is 5.75 Å². The summed E-state index contributed by atoms with van der Waals surface area (Å²) in [5, 5.41) is 0. The summed E-state index contributed by atoms with van der Waals surface area (Å²) in [6.45, 7) is 7.29. The molecule has 2 aliphatic heterocycles. The second kappa shape index (κ2) is 5.98. The molecule has 0 N–H and O–H groups in total. The number of fused-ring (bicyclic) bond motifs is 1. The van der Waals surface area contributed by atoms with Crippen LogP contribution in [0.15, 0.2) is 22.7 Å². The Morgan fingerprint density at radius 1 is 1.30 bits per heavy atom. The summed E-state index contributed by atoms with van der Waals surface area (Å²) in [5.74, 6) is 0.225. The van der Waals surface area contributed by atoms with Gasteiger partial charge in [0.2, 0.25) is 5.79 Å². The zero-order chi connectivity index (χ0) is 16.7. The van der Waals surface area contributed by atoms with Crippen LogP contribution in [0.1, 0.15) is 39.2 Å². The van der Waals surface area contributed by atoms with E-state index in [4.69, 9.17) is 14.2 Å². The lowest BCUT2D eigenvalue weighted by Crippen LogP contribution is -2.53. The first kappa shape index (κ1) is 16.6. The lowest BCUT2D eigenvalue weighted by Gasteiger charge is -2.44. The normalized spacial score (nSPS) is 19.9. The van der Waals surface area contributed by atoms with Crippen molar-refractivity contribution in [2.24, 2.45) is 0 Å². The van der Waals surface area contributed by atoms with E-state index < -0.39 is 11.4 Å². The molecule has 1 aromatic carbocycles. The Kier molecular flexibility index (Phi) is 4.31. The molecule has 23 heavy (non-hydrogen) atoms. The molecule has 0 aromatic heterocycles. The highest BCUT2D eigenvalue weighted by Gasteiger charge is 2.42. The number of ether oxygens (including phenoxy) is 3. The minimum Gasteiger partial charge on any atom is -0.462 e. The minimum atomic E-state index is -0.633. The zero-order valence-corrected chi connectivity index (χ0v) is 15.3. The molecule has 1 fully saturated rings. The number of halogens is 1. The maximum absolute atomic E-state index is 12.1. The highest BCUT2D eigenvalue weighted by molar-refractivity contribution is 9.10. The van der Waals surface area contributed by atoms with Crippen molar-refractivity contribution < 1.29 is 19.0 Å². The van der Waals surface area contributed by atoms with Gasteiger partial charge < -0.3 is 19.1 Å². The van der Waals surface area contributed by atoms with Gasteiger partial charge >= 0.3 is 6.09 Å². The molecule has 2 aliphatic rings. The molecule has 0 bridgehead atoms. The fourth-order valence-electron chi connectivity index (χ4n) is 2.78. The largest absolute Gasteiger partial charge is 0.462 e. The number of hydrogen-bond donors (Lipinski definition) is 0. The molecule has 0 radical (unpaired) electrons. The molecule has 126 valence electrons. The number of carbonyl (C=O) groups is 1. The van der Waals surface area contributed by atoms with Gasteiger partial charge in [0.25, 0.3) is 0 Å². The summed E-state index contributed by atoms with van der Waals surface area (Å²) < 4.78 is 18.5. The van der Waals surface area contributed by atoms with Gasteiger partial charge in [0, 0.05) is 36.0 Å². The van der Waals surface area contributed by atoms with Gasteiger partial charge in [-0.2, -0.15) is 0 Å². The van der Waals surface area contributed by atoms with Gasteiger partial charge in [-0.25, -0.2) is 4.79 Å². The third-order valence-corrected chi connectivity index (χ3v) is 4.49. The van der Waals surface area contributed by atoms with Crippen molar-refractivity contribution in [2.45, 2.75) is 51.6 Å². The molecular formula is C17H22BrNO4. The van der Waals surface area contributed by atoms with Gasteiger partial charge in [-0.15, -0.1) is 0 Å². The zero-order valence-electron chi connectivity index (χ0n) is 13.7. The SMILES string of the molecule is CC(C)(C)OC(=O)N1CCC2(CC1)OCc1ccc(Br)cc1O2. The van der Waals surface area contributed by atoms with Crippen molar-refractivity contribution in [2.75, 3.05) is 13.1 Å². The average molecular weight is 384 g/mol. The molecule has 1 spiro atoms. The monoisotopic (exact) mass is 383 g/mol. The first-order valence-corrected chi connectivity index (χ1v) is 8.65. The topological polar surface area (TPSA) is 48.0 Å². The van der Waals surface area contributed by atoms with Gasteiger partial charge in [0.1, 0.15) is 11.4 Å². The second-order valence-corrected chi connectivity index (χ2v) is 7.94. The van der Waals surface area contributed by atoms with Gasteiger partial charge in [-0.3, -0.25) is 0 Å². The first-order valence-electron chi connectivity index (χ1n) is 7.86. The number of hydrogen-bond acceptors (Lipinski definition) is 4. The third-order valence-electron chi connectivity index (χ3n) is 3.99. The van der Waals surface area contributed by atoms with Crippen LogP contribution in [0.2, 0.25) is 0 Å². The molecule has 5 nitrogen and oxygen atoms in total. The van der Waals surface area contributed by atoms with E-state index in [0.29, 0.717) is 32.5 Å². The summed E-state index contributed by atoms with van der Waals surface area (Å²) in [7, 11) is 0. The summed E-state index contributed by atoms with van der Waals surface area (Å²) >= 11 is 3.47. The number of rotatable bonds is 0. The Morgan fingerprint density at radius 2 is 2.00 bits per heavy atom. The van der Waals surface area contributed by atoms with Crippen LogP contribution in [0.3, 0.4) is 0 Å². The molecule has 1 saturated heterocycles. The van der Waals surface area contributed by atoms with Crippen molar-refractivity contribution in [3.63, 3.8) is 0 Å². The molecule has 0 atom stereocenters. The fraction of sp³-hybridized carbons (Fsp3) is 0.588. The van der Waals surface area contributed by atoms with E-state index in [9.17, 15) is 4.79 Å². The van der Waals surface area contributed by atoms with Crippen LogP contribution in [0.4, 0.5) is 4.79 Å². The predicted octanol–water partition coefficient (Wildman–Crippen LogP) is 4.09. The maximum atomic E-state index is 12.1. The lowest BCUT2D eigenvalue weighted by atomic mass is 10.0. The minimum absolute atomic E-state index is 0.272. The van der Waals surface area contributed by atoms with E-state index in [2.05, 4.69) is 15.9 Å². The third kappa shape index (κ3) is 3.80. The van der Waals surface area contributed by atoms with E-state index in [1.165, 1.54) is 0 Å². The average Bonchev–Trinajstić information content (AvgIpc) is 2.45. The van der Waals surface area contributed by atoms with Crippen LogP contribution < -0.4 is 4.74 Å². The molecule has 3 rings (SSSR count). The lowest BCUT2D eigenvalue weighted by molar-refractivity contribution is -0.226. The number of nitrogens with zero attached hydrogens (tertiary/aromatic N) is 1. The van der Waals surface area contributed by atoms with Gasteiger partial charge in [-0.1, -0.05) is 22.0 Å². The van der Waals surface area contributed by atoms with Crippen LogP contribution in [0.5, 0.6) is 5.75 Å². The Balaban J connectivity index is 1.64. The standard InChI is InChI=1S/C17H22BrNO4/c1-16(2,3)23-15(20)19-8-6-17(7-9-19)21-11-12-4-5-13(18)10-14(12)22-17/h4-5,10H,6-9,11H2,1-3H3. The molecule has 1 aromatic rings. The van der Waals surface area contributed by atoms with E-state index >= 15 is 0 Å². The van der Waals surface area contributed by atoms with Crippen LogP contribution >= 0.6 is 15.9 Å². The number of likely N-dealkylation sites (tertiary alicyclic amines) is 1. The van der Waals surface area contributed by atoms with Gasteiger partial charge in [-0.05, 0) is 32.9 Å². The highest BCUT2D eigenvalue weighted by Crippen LogP contribution is 2.38. The number of carbonyl (C=O) groups excluding carboxylic acids is 1. The molecule has 0 saturated carbocycles. The van der Waals surface area contributed by atoms with Crippen LogP contribution in [-0.2, 0) is 16.1 Å². The van der Waals surface area contributed by atoms with E-state index in [1.807, 2.05) is 39.0 Å². The molecule has 2 heterocycles. The van der Waals surface area contributed by atoms with E-state index in [0.717, 1.165) is 15.8 Å². The van der Waals surface area contributed by atoms with Crippen molar-refractivity contribution in [1.29, 1.82) is 0 Å². The molecule has 0 unspecified atom stereocenters. The van der Waals surface area contributed by atoms with E-state index in [-0.39, 0.29) is 6.09 Å². The second-order valence-electron chi connectivity index (χ2n) is 7.02. The maximum Gasteiger partial charge on any atom is 0.410 e. The molecule has 1 amide bonds. The molecular weight excluding hydrogens is 362 g/mol. The first-order chi connectivity index (χ1) is 10.8. The highest BCUT2D eigenvalue weighted by atomic mass is 79.9. The van der Waals surface area contributed by atoms with Crippen molar-refractivity contribution >= 4 is 22.0 Å². The number of piperidine rings is 1. The Labute approximate surface area is 145 Å². The predicted molar refractivity (Wildman–Crippen MR) is 89.3 cm³/mol. The summed E-state index contributed by atoms with van der Waals surface area (Å²) in [5.41, 5.74) is 0.573. The van der Waals surface area contributed by atoms with Crippen LogP contribution in [0, 0.1) is 0 Å². The Bertz CT molecular complexity index is 603.